The van der Waals surface area contributed by atoms with Crippen LogP contribution >= 0.6 is 11.6 Å². The van der Waals surface area contributed by atoms with Crippen LogP contribution in [0.25, 0.3) is 0 Å². The van der Waals surface area contributed by atoms with Crippen LogP contribution in [-0.2, 0) is 58.5 Å². The monoisotopic (exact) mass is 1570 g/mol. The van der Waals surface area contributed by atoms with Crippen molar-refractivity contribution in [2.75, 3.05) is 34.3 Å². The van der Waals surface area contributed by atoms with Crippen LogP contribution in [0.5, 0.6) is 34.5 Å². The summed E-state index contributed by atoms with van der Waals surface area (Å²) in [5, 5.41) is 53.6. The Morgan fingerprint density at radius 2 is 0.598 bits per heavy atom. The molecule has 15 aromatic rings. The summed E-state index contributed by atoms with van der Waals surface area (Å²) in [5.74, 6) is 6.63. The first-order valence-electron chi connectivity index (χ1n) is 37.0. The minimum atomic E-state index is -0.240. The molecule has 0 fully saturated rings. The molecule has 0 spiro atoms. The highest BCUT2D eigenvalue weighted by molar-refractivity contribution is 6.30. The Labute approximate surface area is 688 Å². The molecule has 588 valence electrons. The van der Waals surface area contributed by atoms with Gasteiger partial charge in [0.05, 0.1) is 74.2 Å². The minimum absolute atomic E-state index is 0. The zero-order chi connectivity index (χ0) is 78.5. The van der Waals surface area contributed by atoms with Gasteiger partial charge in [-0.2, -0.15) is 15.8 Å². The highest BCUT2D eigenvalue weighted by Gasteiger charge is 2.19. The van der Waals surface area contributed by atoms with Gasteiger partial charge in [-0.1, -0.05) is 167 Å². The van der Waals surface area contributed by atoms with Crippen molar-refractivity contribution in [1.29, 1.82) is 15.8 Å². The summed E-state index contributed by atoms with van der Waals surface area (Å²) in [6.45, 7) is 5.50. The average molecular weight is 1580 g/mol. The molecule has 0 aliphatic rings. The van der Waals surface area contributed by atoms with Gasteiger partial charge in [-0.3, -0.25) is 0 Å². The highest BCUT2D eigenvalue weighted by Crippen LogP contribution is 2.31. The van der Waals surface area contributed by atoms with E-state index in [4.69, 9.17) is 41.6 Å². The van der Waals surface area contributed by atoms with Gasteiger partial charge in [-0.15, -0.1) is 30.6 Å². The second-order valence-electron chi connectivity index (χ2n) is 26.6. The van der Waals surface area contributed by atoms with Crippen LogP contribution < -0.4 is 28.9 Å². The van der Waals surface area contributed by atoms with Crippen molar-refractivity contribution in [1.82, 2.24) is 44.3 Å². The number of nitriles is 3. The van der Waals surface area contributed by atoms with E-state index in [0.717, 1.165) is 116 Å². The molecule has 0 radical (unpaired) electrons. The third-order valence-corrected chi connectivity index (χ3v) is 19.0. The minimum Gasteiger partial charge on any atom is -0.457 e. The topological polar surface area (TPSA) is 201 Å². The van der Waals surface area contributed by atoms with Crippen LogP contribution in [0.3, 0.4) is 0 Å². The molecule has 0 bridgehead atoms. The molecule has 3 heterocycles. The van der Waals surface area contributed by atoms with Crippen LogP contribution in [0.1, 0.15) is 89.8 Å². The lowest BCUT2D eigenvalue weighted by Crippen LogP contribution is -2.27. The fourth-order valence-corrected chi connectivity index (χ4v) is 12.6. The number of halogens is 3. The fraction of sp³-hybridized carbons (Fsp3) is 0.156. The van der Waals surface area contributed by atoms with E-state index in [1.54, 1.807) is 37.2 Å². The molecule has 21 heteroatoms. The molecule has 3 aromatic heterocycles. The van der Waals surface area contributed by atoms with E-state index in [0.29, 0.717) is 81.0 Å². The normalized spacial score (nSPS) is 10.4. The molecule has 0 N–H and O–H groups in total. The van der Waals surface area contributed by atoms with Gasteiger partial charge < -0.3 is 42.6 Å². The molecule has 0 aliphatic heterocycles. The van der Waals surface area contributed by atoms with Gasteiger partial charge in [0.25, 0.3) is 0 Å². The summed E-state index contributed by atoms with van der Waals surface area (Å²) >= 11 is 6.08. The van der Waals surface area contributed by atoms with Gasteiger partial charge in [0.1, 0.15) is 65.1 Å². The second kappa shape index (κ2) is 43.5. The lowest BCUT2D eigenvalue weighted by molar-refractivity contribution is 0.482. The van der Waals surface area contributed by atoms with Crippen LogP contribution in [0, 0.1) is 45.6 Å². The van der Waals surface area contributed by atoms with Crippen molar-refractivity contribution in [3.63, 3.8) is 0 Å². The van der Waals surface area contributed by atoms with E-state index in [2.05, 4.69) is 87.8 Å². The summed E-state index contributed by atoms with van der Waals surface area (Å²) in [6.07, 6.45) is 7.32. The maximum atomic E-state index is 14.4. The van der Waals surface area contributed by atoms with Crippen molar-refractivity contribution in [3.8, 4) is 52.7 Å². The van der Waals surface area contributed by atoms with Crippen molar-refractivity contribution in [2.45, 2.75) is 80.8 Å². The largest absolute Gasteiger partial charge is 0.457 e. The van der Waals surface area contributed by atoms with E-state index < -0.39 is 0 Å². The summed E-state index contributed by atoms with van der Waals surface area (Å²) in [5.41, 5.74) is 11.1. The van der Waals surface area contributed by atoms with Crippen molar-refractivity contribution >= 4 is 28.7 Å². The lowest BCUT2D eigenvalue weighted by Gasteiger charge is -2.25. The number of hydrogen-bond acceptors (Lipinski definition) is 15. The Morgan fingerprint density at radius 3 is 0.915 bits per heavy atom. The molecule has 0 unspecified atom stereocenters. The molecule has 0 amide bonds. The Morgan fingerprint density at radius 1 is 0.316 bits per heavy atom. The molecule has 12 aromatic carbocycles. The molecule has 15 rings (SSSR count). The summed E-state index contributed by atoms with van der Waals surface area (Å²) in [6, 6.07) is 103. The number of rotatable bonds is 30. The van der Waals surface area contributed by atoms with Gasteiger partial charge >= 0.3 is 0 Å². The van der Waals surface area contributed by atoms with E-state index in [-0.39, 0.29) is 33.9 Å². The Kier molecular flexibility index (Phi) is 31.6. The van der Waals surface area contributed by atoms with E-state index in [1.807, 2.05) is 262 Å². The van der Waals surface area contributed by atoms with Gasteiger partial charge in [0, 0.05) is 41.7 Å². The van der Waals surface area contributed by atoms with E-state index >= 15 is 0 Å². The zero-order valence-electron chi connectivity index (χ0n) is 62.2. The Hall–Kier alpha value is -14.5. The first-order chi connectivity index (χ1) is 56.0. The Balaban J connectivity index is 0.000000183. The lowest BCUT2D eigenvalue weighted by atomic mass is 10.1. The van der Waals surface area contributed by atoms with Crippen LogP contribution in [0.4, 0.5) is 25.8 Å². The molecule has 0 saturated heterocycles. The van der Waals surface area contributed by atoms with Crippen molar-refractivity contribution in [3.05, 3.63) is 413 Å². The number of para-hydroxylation sites is 3. The van der Waals surface area contributed by atoms with Crippen LogP contribution in [0.2, 0.25) is 5.02 Å². The number of nitrogens with zero attached hydrogens (tertiary/aromatic N) is 15. The summed E-state index contributed by atoms with van der Waals surface area (Å²) < 4.78 is 51.7. The number of aromatic nitrogens is 9. The van der Waals surface area contributed by atoms with Gasteiger partial charge in [0.15, 0.2) is 17.5 Å². The van der Waals surface area contributed by atoms with E-state index in [1.165, 1.54) is 23.8 Å². The third-order valence-electron chi connectivity index (χ3n) is 18.7. The molecule has 117 heavy (non-hydrogen) atoms. The molecular weight excluding hydrogens is 1480 g/mol. The SMILES string of the molecule is C.C.C.N#Cc1ccc(Cn2cnnc2CN(CCc2ccc(Cl)cc2)c2ccc(Oc3ccccc3)cc2)cc1.N#Cc1ccc(Cn2cnnc2CN(CCc2ccc(F)cc2)c2ccc(Oc3ccccc3)cc2)cc1.N#Cc1ccc(Cn2cnnc2CN(CCc2ccccc2F)c2ccc(Oc3ccccc3)cc2)cc1. The van der Waals surface area contributed by atoms with E-state index in [9.17, 15) is 8.78 Å². The van der Waals surface area contributed by atoms with Gasteiger partial charge in [0.2, 0.25) is 0 Å². The molecule has 0 atom stereocenters. The number of anilines is 3. The van der Waals surface area contributed by atoms with Crippen LogP contribution in [-0.4, -0.2) is 63.9 Å². The van der Waals surface area contributed by atoms with Gasteiger partial charge in [-0.25, -0.2) is 8.78 Å². The molecule has 0 saturated carbocycles. The standard InChI is InChI=1S/C31H26ClN5O.2C31H26FN5O.3CH4/c32-27-12-10-24(11-13-27)18-19-36(28-14-16-30(17-15-28)38-29-4-2-1-3-5-29)22-31-35-34-23-37(31)21-26-8-6-25(20-33)7-9-26;32-30-9-5-4-6-26(30)18-19-36(27-14-16-29(17-15-27)38-28-7-2-1-3-8-28)22-31-35-34-23-37(31)21-25-12-10-24(20-33)11-13-25;32-27-12-10-24(11-13-27)18-19-36(28-14-16-30(17-15-28)38-29-4-2-1-3-5-29)22-31-35-34-23-37(31)21-26-8-6-25(20-33)7-9-26;;;/h3*1-17,23H,18-19,21-22H2;3*1H4. The van der Waals surface area contributed by atoms with Crippen LogP contribution in [0.15, 0.2) is 328 Å². The van der Waals surface area contributed by atoms with Crippen molar-refractivity contribution < 1.29 is 23.0 Å². The van der Waals surface area contributed by atoms with Gasteiger partial charge in [-0.05, 0) is 229 Å². The first kappa shape index (κ1) is 84.9. The molecule has 18 nitrogen and oxygen atoms in total. The second-order valence-corrected chi connectivity index (χ2v) is 27.1. The number of ether oxygens (including phenoxy) is 3. The number of benzene rings is 12. The summed E-state index contributed by atoms with van der Waals surface area (Å²) in [4.78, 5) is 6.69. The summed E-state index contributed by atoms with van der Waals surface area (Å²) in [7, 11) is 0. The Bertz CT molecular complexity index is 5380. The maximum Gasteiger partial charge on any atom is 0.152 e. The quantitative estimate of drug-likeness (QED) is 0.0411. The molecule has 0 aliphatic carbocycles. The third kappa shape index (κ3) is 25.2. The molecular formula is C96H90ClF2N15O3. The number of hydrogen-bond donors (Lipinski definition) is 0. The smallest absolute Gasteiger partial charge is 0.152 e. The average Bonchev–Trinajstić information content (AvgIpc) is 1.82. The predicted molar refractivity (Wildman–Crippen MR) is 458 cm³/mol. The predicted octanol–water partition coefficient (Wildman–Crippen LogP) is 21.6. The maximum absolute atomic E-state index is 14.4. The van der Waals surface area contributed by atoms with Crippen molar-refractivity contribution in [2.24, 2.45) is 0 Å². The first-order valence-corrected chi connectivity index (χ1v) is 37.4. The fourth-order valence-electron chi connectivity index (χ4n) is 12.5. The zero-order valence-corrected chi connectivity index (χ0v) is 63.0. The highest BCUT2D eigenvalue weighted by atomic mass is 35.5.